The minimum absolute atomic E-state index is 0.0693. The van der Waals surface area contributed by atoms with Crippen molar-refractivity contribution in [3.8, 4) is 5.75 Å². The normalized spacial score (nSPS) is 19.8. The summed E-state index contributed by atoms with van der Waals surface area (Å²) in [6.07, 6.45) is 6.63. The molecule has 1 saturated carbocycles. The number of nitrogens with one attached hydrogen (secondary N) is 1. The number of carbonyl (C=O) groups is 3. The third-order valence-corrected chi connectivity index (χ3v) is 6.93. The average Bonchev–Trinajstić information content (AvgIpc) is 3.45. The van der Waals surface area contributed by atoms with E-state index >= 15 is 0 Å². The van der Waals surface area contributed by atoms with E-state index in [4.69, 9.17) is 9.15 Å². The van der Waals surface area contributed by atoms with E-state index < -0.39 is 0 Å². The van der Waals surface area contributed by atoms with Crippen LogP contribution in [0, 0.1) is 6.92 Å². The molecule has 0 radical (unpaired) electrons. The van der Waals surface area contributed by atoms with Gasteiger partial charge in [-0.2, -0.15) is 0 Å². The van der Waals surface area contributed by atoms with Crippen LogP contribution in [0.1, 0.15) is 77.8 Å². The molecule has 1 aliphatic carbocycles. The highest BCUT2D eigenvalue weighted by Gasteiger charge is 2.43. The Morgan fingerprint density at radius 3 is 2.74 bits per heavy atom. The number of ketones is 1. The molecular weight excluding hydrogens is 396 g/mol. The molecule has 5 rings (SSSR count). The molecule has 31 heavy (non-hydrogen) atoms. The summed E-state index contributed by atoms with van der Waals surface area (Å²) in [6.45, 7) is 3.73. The van der Waals surface area contributed by atoms with Crippen LogP contribution in [-0.4, -0.2) is 47.7 Å². The summed E-state index contributed by atoms with van der Waals surface area (Å²) in [7, 11) is 0. The van der Waals surface area contributed by atoms with Crippen LogP contribution in [0.25, 0.3) is 11.0 Å². The fraction of sp³-hybridized carbons (Fsp3) is 0.542. The maximum Gasteiger partial charge on any atom is 0.287 e. The van der Waals surface area contributed by atoms with Gasteiger partial charge in [0.25, 0.3) is 5.91 Å². The SMILES string of the molecule is Cc1c(C(=O)NCCCN2CCCC2=O)oc2ccc3c(c12)C(=O)CC1(CCCC1)O3. The van der Waals surface area contributed by atoms with Gasteiger partial charge in [0.15, 0.2) is 11.5 Å². The number of rotatable bonds is 5. The molecule has 0 bridgehead atoms. The minimum atomic E-state index is -0.355. The molecule has 3 heterocycles. The Morgan fingerprint density at radius 2 is 2.00 bits per heavy atom. The molecule has 164 valence electrons. The van der Waals surface area contributed by atoms with Crippen molar-refractivity contribution >= 4 is 28.6 Å². The zero-order chi connectivity index (χ0) is 21.6. The first-order valence-corrected chi connectivity index (χ1v) is 11.3. The van der Waals surface area contributed by atoms with E-state index in [1.807, 2.05) is 11.8 Å². The minimum Gasteiger partial charge on any atom is -0.486 e. The molecule has 7 nitrogen and oxygen atoms in total. The Kier molecular flexibility index (Phi) is 4.99. The summed E-state index contributed by atoms with van der Waals surface area (Å²) in [6, 6.07) is 3.59. The number of furan rings is 1. The number of hydrogen-bond donors (Lipinski definition) is 1. The largest absolute Gasteiger partial charge is 0.486 e. The highest BCUT2D eigenvalue weighted by atomic mass is 16.5. The van der Waals surface area contributed by atoms with Gasteiger partial charge in [-0.05, 0) is 57.6 Å². The fourth-order valence-electron chi connectivity index (χ4n) is 5.34. The third-order valence-electron chi connectivity index (χ3n) is 6.93. The van der Waals surface area contributed by atoms with Crippen molar-refractivity contribution < 1.29 is 23.5 Å². The lowest BCUT2D eigenvalue weighted by atomic mass is 9.87. The van der Waals surface area contributed by atoms with Crippen LogP contribution in [0.4, 0.5) is 0 Å². The summed E-state index contributed by atoms with van der Waals surface area (Å²) in [5.74, 6) is 0.799. The Morgan fingerprint density at radius 1 is 1.19 bits per heavy atom. The van der Waals surface area contributed by atoms with Crippen LogP contribution in [0.5, 0.6) is 5.75 Å². The number of fused-ring (bicyclic) bond motifs is 3. The van der Waals surface area contributed by atoms with E-state index in [-0.39, 0.29) is 29.0 Å². The first kappa shape index (κ1) is 20.1. The van der Waals surface area contributed by atoms with Crippen molar-refractivity contribution in [2.75, 3.05) is 19.6 Å². The summed E-state index contributed by atoms with van der Waals surface area (Å²) in [4.78, 5) is 39.4. The van der Waals surface area contributed by atoms with Crippen molar-refractivity contribution in [1.82, 2.24) is 10.2 Å². The zero-order valence-corrected chi connectivity index (χ0v) is 17.9. The van der Waals surface area contributed by atoms with Crippen LogP contribution < -0.4 is 10.1 Å². The number of aryl methyl sites for hydroxylation is 1. The summed E-state index contributed by atoms with van der Waals surface area (Å²) in [5.41, 5.74) is 1.39. The molecule has 2 amide bonds. The van der Waals surface area contributed by atoms with Crippen LogP contribution in [0.3, 0.4) is 0 Å². The molecule has 2 aromatic rings. The zero-order valence-electron chi connectivity index (χ0n) is 17.9. The van der Waals surface area contributed by atoms with E-state index in [2.05, 4.69) is 5.32 Å². The van der Waals surface area contributed by atoms with Gasteiger partial charge in [-0.1, -0.05) is 0 Å². The summed E-state index contributed by atoms with van der Waals surface area (Å²) in [5, 5.41) is 3.57. The Labute approximate surface area is 181 Å². The highest BCUT2D eigenvalue weighted by Crippen LogP contribution is 2.46. The summed E-state index contributed by atoms with van der Waals surface area (Å²) >= 11 is 0. The molecule has 1 aromatic heterocycles. The first-order valence-electron chi connectivity index (χ1n) is 11.3. The van der Waals surface area contributed by atoms with Gasteiger partial charge < -0.3 is 19.4 Å². The van der Waals surface area contributed by atoms with E-state index in [1.54, 1.807) is 12.1 Å². The van der Waals surface area contributed by atoms with Gasteiger partial charge in [0.2, 0.25) is 5.91 Å². The van der Waals surface area contributed by atoms with Gasteiger partial charge in [-0.15, -0.1) is 0 Å². The van der Waals surface area contributed by atoms with Crippen molar-refractivity contribution in [3.63, 3.8) is 0 Å². The first-order chi connectivity index (χ1) is 15.0. The predicted octanol–water partition coefficient (Wildman–Crippen LogP) is 3.76. The average molecular weight is 424 g/mol. The smallest absolute Gasteiger partial charge is 0.287 e. The molecule has 1 N–H and O–H groups in total. The topological polar surface area (TPSA) is 88.9 Å². The van der Waals surface area contributed by atoms with Crippen molar-refractivity contribution in [3.05, 3.63) is 29.0 Å². The lowest BCUT2D eigenvalue weighted by molar-refractivity contribution is -0.127. The lowest BCUT2D eigenvalue weighted by Gasteiger charge is -2.34. The van der Waals surface area contributed by atoms with Crippen molar-refractivity contribution in [2.45, 2.75) is 63.9 Å². The van der Waals surface area contributed by atoms with E-state index in [0.29, 0.717) is 60.2 Å². The van der Waals surface area contributed by atoms with E-state index in [0.717, 1.165) is 38.6 Å². The lowest BCUT2D eigenvalue weighted by Crippen LogP contribution is -2.39. The van der Waals surface area contributed by atoms with E-state index in [9.17, 15) is 14.4 Å². The van der Waals surface area contributed by atoms with Gasteiger partial charge in [-0.3, -0.25) is 14.4 Å². The number of amides is 2. The van der Waals surface area contributed by atoms with Crippen molar-refractivity contribution in [1.29, 1.82) is 0 Å². The van der Waals surface area contributed by atoms with Crippen LogP contribution in [-0.2, 0) is 4.79 Å². The number of nitrogens with zero attached hydrogens (tertiary/aromatic N) is 1. The number of benzene rings is 1. The molecule has 1 aromatic carbocycles. The molecule has 7 heteroatoms. The summed E-state index contributed by atoms with van der Waals surface area (Å²) < 4.78 is 12.2. The van der Waals surface area contributed by atoms with Gasteiger partial charge in [0, 0.05) is 37.0 Å². The van der Waals surface area contributed by atoms with E-state index in [1.165, 1.54) is 0 Å². The number of ether oxygens (including phenoxy) is 1. The molecule has 0 atom stereocenters. The second-order valence-electron chi connectivity index (χ2n) is 9.05. The number of carbonyl (C=O) groups excluding carboxylic acids is 3. The van der Waals surface area contributed by atoms with Crippen LogP contribution in [0.15, 0.2) is 16.5 Å². The van der Waals surface area contributed by atoms with Crippen LogP contribution >= 0.6 is 0 Å². The molecule has 1 spiro atoms. The molecule has 2 aliphatic heterocycles. The molecule has 1 saturated heterocycles. The Hall–Kier alpha value is -2.83. The predicted molar refractivity (Wildman–Crippen MR) is 114 cm³/mol. The Bertz CT molecular complexity index is 1060. The van der Waals surface area contributed by atoms with Gasteiger partial charge in [0.05, 0.1) is 12.0 Å². The maximum absolute atomic E-state index is 13.1. The van der Waals surface area contributed by atoms with Gasteiger partial charge >= 0.3 is 0 Å². The quantitative estimate of drug-likeness (QED) is 0.739. The molecule has 3 aliphatic rings. The Balaban J connectivity index is 1.33. The molecular formula is C24H28N2O5. The van der Waals surface area contributed by atoms with Crippen molar-refractivity contribution in [2.24, 2.45) is 0 Å². The molecule has 0 unspecified atom stereocenters. The maximum atomic E-state index is 13.1. The fourth-order valence-corrected chi connectivity index (χ4v) is 5.34. The second-order valence-corrected chi connectivity index (χ2v) is 9.05. The number of likely N-dealkylation sites (tertiary alicyclic amines) is 1. The van der Waals surface area contributed by atoms with Gasteiger partial charge in [0.1, 0.15) is 16.9 Å². The number of Topliss-reactive ketones (excluding diaryl/α,β-unsaturated/α-hetero) is 1. The highest BCUT2D eigenvalue weighted by molar-refractivity contribution is 6.13. The third kappa shape index (κ3) is 3.50. The standard InChI is InChI=1S/C24H28N2O5/c1-15-20-17(7-8-18-21(20)16(27)14-24(31-18)9-2-3-10-24)30-22(15)23(29)25-11-5-13-26-12-4-6-19(26)28/h7-8H,2-6,9-14H2,1H3,(H,25,29). The monoisotopic (exact) mass is 424 g/mol. The number of hydrogen-bond acceptors (Lipinski definition) is 5. The van der Waals surface area contributed by atoms with Gasteiger partial charge in [-0.25, -0.2) is 0 Å². The van der Waals surface area contributed by atoms with Crippen LogP contribution in [0.2, 0.25) is 0 Å². The molecule has 2 fully saturated rings. The second kappa shape index (κ2) is 7.70.